The Kier molecular flexibility index (Phi) is 2.51. The lowest BCUT2D eigenvalue weighted by Crippen LogP contribution is -2.56. The number of pyridine rings is 1. The van der Waals surface area contributed by atoms with Crippen LogP contribution in [0.15, 0.2) is 22.9 Å². The molecule has 2 rings (SSSR count). The van der Waals surface area contributed by atoms with E-state index in [2.05, 4.69) is 44.2 Å². The topological polar surface area (TPSA) is 28.2 Å². The number of halogens is 1. The van der Waals surface area contributed by atoms with Crippen LogP contribution < -0.4 is 10.2 Å². The van der Waals surface area contributed by atoms with Crippen molar-refractivity contribution < 1.29 is 0 Å². The van der Waals surface area contributed by atoms with Gasteiger partial charge in [-0.1, -0.05) is 0 Å². The van der Waals surface area contributed by atoms with Crippen molar-refractivity contribution in [3.05, 3.63) is 22.9 Å². The first kappa shape index (κ1) is 8.97. The van der Waals surface area contributed by atoms with Gasteiger partial charge in [0.1, 0.15) is 0 Å². The van der Waals surface area contributed by atoms with Crippen molar-refractivity contribution in [1.82, 2.24) is 10.3 Å². The van der Waals surface area contributed by atoms with Crippen molar-refractivity contribution in [2.75, 3.05) is 25.0 Å². The van der Waals surface area contributed by atoms with Gasteiger partial charge in [-0.2, -0.15) is 0 Å². The summed E-state index contributed by atoms with van der Waals surface area (Å²) in [6.07, 6.45) is 3.69. The predicted molar refractivity (Wildman–Crippen MR) is 57.0 cm³/mol. The summed E-state index contributed by atoms with van der Waals surface area (Å²) in [6.45, 7) is 2.14. The van der Waals surface area contributed by atoms with E-state index in [1.807, 2.05) is 6.20 Å². The van der Waals surface area contributed by atoms with Gasteiger partial charge in [0.15, 0.2) is 0 Å². The lowest BCUT2D eigenvalue weighted by molar-refractivity contribution is 0.428. The summed E-state index contributed by atoms with van der Waals surface area (Å²) in [5.74, 6) is 0. The highest BCUT2D eigenvalue weighted by atomic mass is 79.9. The number of hydrogen-bond acceptors (Lipinski definition) is 3. The summed E-state index contributed by atoms with van der Waals surface area (Å²) in [7, 11) is 2.11. The third kappa shape index (κ3) is 1.84. The SMILES string of the molecule is CN(c1cncc(Br)c1)C1CNC1. The Morgan fingerprint density at radius 2 is 2.31 bits per heavy atom. The molecular weight excluding hydrogens is 230 g/mol. The number of anilines is 1. The van der Waals surface area contributed by atoms with Gasteiger partial charge in [-0.15, -0.1) is 0 Å². The maximum atomic E-state index is 4.14. The smallest absolute Gasteiger partial charge is 0.0564 e. The number of hydrogen-bond donors (Lipinski definition) is 1. The molecule has 1 N–H and O–H groups in total. The average molecular weight is 242 g/mol. The van der Waals surface area contributed by atoms with Crippen molar-refractivity contribution in [3.63, 3.8) is 0 Å². The highest BCUT2D eigenvalue weighted by molar-refractivity contribution is 9.10. The molecule has 0 aliphatic carbocycles. The van der Waals surface area contributed by atoms with E-state index in [1.54, 1.807) is 6.20 Å². The molecule has 1 aliphatic rings. The second-order valence-electron chi connectivity index (χ2n) is 3.28. The molecule has 1 aliphatic heterocycles. The lowest BCUT2D eigenvalue weighted by Gasteiger charge is -2.36. The Morgan fingerprint density at radius 1 is 1.54 bits per heavy atom. The largest absolute Gasteiger partial charge is 0.368 e. The van der Waals surface area contributed by atoms with Crippen molar-refractivity contribution in [1.29, 1.82) is 0 Å². The monoisotopic (exact) mass is 241 g/mol. The summed E-state index contributed by atoms with van der Waals surface area (Å²) < 4.78 is 1.03. The summed E-state index contributed by atoms with van der Waals surface area (Å²) in [6, 6.07) is 2.71. The van der Waals surface area contributed by atoms with Crippen LogP contribution in [0, 0.1) is 0 Å². The Labute approximate surface area is 86.3 Å². The van der Waals surface area contributed by atoms with Gasteiger partial charge in [0.05, 0.1) is 17.9 Å². The van der Waals surface area contributed by atoms with Crippen molar-refractivity contribution >= 4 is 21.6 Å². The molecule has 1 aromatic rings. The van der Waals surface area contributed by atoms with Crippen molar-refractivity contribution in [3.8, 4) is 0 Å². The van der Waals surface area contributed by atoms with Crippen molar-refractivity contribution in [2.45, 2.75) is 6.04 Å². The van der Waals surface area contributed by atoms with Crippen LogP contribution in [0.5, 0.6) is 0 Å². The minimum atomic E-state index is 0.621. The van der Waals surface area contributed by atoms with Gasteiger partial charge in [0.2, 0.25) is 0 Å². The summed E-state index contributed by atoms with van der Waals surface area (Å²) in [4.78, 5) is 6.40. The van der Waals surface area contributed by atoms with Gasteiger partial charge in [0.25, 0.3) is 0 Å². The number of nitrogens with one attached hydrogen (secondary N) is 1. The minimum Gasteiger partial charge on any atom is -0.368 e. The molecule has 0 radical (unpaired) electrons. The molecule has 70 valence electrons. The molecule has 0 atom stereocenters. The normalized spacial score (nSPS) is 16.8. The molecule has 2 heterocycles. The zero-order valence-corrected chi connectivity index (χ0v) is 9.08. The van der Waals surface area contributed by atoms with Crippen LogP contribution in [-0.2, 0) is 0 Å². The van der Waals surface area contributed by atoms with Crippen LogP contribution in [0.3, 0.4) is 0 Å². The minimum absolute atomic E-state index is 0.621. The standard InChI is InChI=1S/C9H12BrN3/c1-13(9-5-12-6-9)8-2-7(10)3-11-4-8/h2-4,9,12H,5-6H2,1H3. The van der Waals surface area contributed by atoms with Gasteiger partial charge in [0, 0.05) is 30.8 Å². The molecule has 4 heteroatoms. The van der Waals surface area contributed by atoms with Crippen LogP contribution in [-0.4, -0.2) is 31.2 Å². The third-order valence-corrected chi connectivity index (χ3v) is 2.84. The van der Waals surface area contributed by atoms with Crippen LogP contribution in [0.2, 0.25) is 0 Å². The van der Waals surface area contributed by atoms with E-state index >= 15 is 0 Å². The zero-order valence-electron chi connectivity index (χ0n) is 7.50. The van der Waals surface area contributed by atoms with E-state index < -0.39 is 0 Å². The molecule has 0 aromatic carbocycles. The highest BCUT2D eigenvalue weighted by Crippen LogP contribution is 2.19. The molecule has 13 heavy (non-hydrogen) atoms. The number of rotatable bonds is 2. The van der Waals surface area contributed by atoms with Gasteiger partial charge in [-0.25, -0.2) is 0 Å². The lowest BCUT2D eigenvalue weighted by atomic mass is 10.1. The van der Waals surface area contributed by atoms with Crippen LogP contribution in [0.1, 0.15) is 0 Å². The third-order valence-electron chi connectivity index (χ3n) is 2.41. The fourth-order valence-electron chi connectivity index (χ4n) is 1.35. The number of likely N-dealkylation sites (N-methyl/N-ethyl adjacent to an activating group) is 1. The van der Waals surface area contributed by atoms with E-state index in [-0.39, 0.29) is 0 Å². The van der Waals surface area contributed by atoms with E-state index in [9.17, 15) is 0 Å². The summed E-state index contributed by atoms with van der Waals surface area (Å²) in [5, 5.41) is 3.25. The molecule has 1 saturated heterocycles. The van der Waals surface area contributed by atoms with Gasteiger partial charge in [-0.05, 0) is 22.0 Å². The summed E-state index contributed by atoms with van der Waals surface area (Å²) in [5.41, 5.74) is 1.17. The van der Waals surface area contributed by atoms with Crippen LogP contribution >= 0.6 is 15.9 Å². The maximum absolute atomic E-state index is 4.14. The second kappa shape index (κ2) is 3.64. The van der Waals surface area contributed by atoms with Crippen molar-refractivity contribution in [2.24, 2.45) is 0 Å². The molecule has 0 amide bonds. The zero-order chi connectivity index (χ0) is 9.26. The molecule has 0 saturated carbocycles. The second-order valence-corrected chi connectivity index (χ2v) is 4.20. The van der Waals surface area contributed by atoms with E-state index in [0.717, 1.165) is 17.6 Å². The average Bonchev–Trinajstić information content (AvgIpc) is 2.01. The van der Waals surface area contributed by atoms with E-state index in [4.69, 9.17) is 0 Å². The predicted octanol–water partition coefficient (Wildman–Crippen LogP) is 1.25. The first-order valence-electron chi connectivity index (χ1n) is 4.31. The van der Waals surface area contributed by atoms with Crippen LogP contribution in [0.25, 0.3) is 0 Å². The first-order valence-corrected chi connectivity index (χ1v) is 5.11. The molecule has 1 aromatic heterocycles. The van der Waals surface area contributed by atoms with Crippen LogP contribution in [0.4, 0.5) is 5.69 Å². The quantitative estimate of drug-likeness (QED) is 0.846. The maximum Gasteiger partial charge on any atom is 0.0564 e. The fourth-order valence-corrected chi connectivity index (χ4v) is 1.70. The van der Waals surface area contributed by atoms with Gasteiger partial charge >= 0.3 is 0 Å². The molecule has 0 bridgehead atoms. The van der Waals surface area contributed by atoms with E-state index in [0.29, 0.717) is 6.04 Å². The number of aromatic nitrogens is 1. The van der Waals surface area contributed by atoms with Gasteiger partial charge < -0.3 is 10.2 Å². The first-order chi connectivity index (χ1) is 6.27. The molecule has 0 unspecified atom stereocenters. The van der Waals surface area contributed by atoms with Gasteiger partial charge in [-0.3, -0.25) is 4.98 Å². The Balaban J connectivity index is 2.14. The Morgan fingerprint density at radius 3 is 2.85 bits per heavy atom. The molecule has 0 spiro atoms. The Bertz CT molecular complexity index is 299. The highest BCUT2D eigenvalue weighted by Gasteiger charge is 2.21. The number of nitrogens with zero attached hydrogens (tertiary/aromatic N) is 2. The Hall–Kier alpha value is -0.610. The molecule has 1 fully saturated rings. The van der Waals surface area contributed by atoms with E-state index in [1.165, 1.54) is 5.69 Å². The molecule has 3 nitrogen and oxygen atoms in total. The summed E-state index contributed by atoms with van der Waals surface area (Å²) >= 11 is 3.41. The fraction of sp³-hybridized carbons (Fsp3) is 0.444. The molecular formula is C9H12BrN3.